The molecule has 4 rings (SSSR count). The third kappa shape index (κ3) is 4.17. The summed E-state index contributed by atoms with van der Waals surface area (Å²) >= 11 is 0. The molecule has 1 fully saturated rings. The number of aryl methyl sites for hydroxylation is 2. The molecule has 1 atom stereocenters. The lowest BCUT2D eigenvalue weighted by Gasteiger charge is -2.16. The van der Waals surface area contributed by atoms with Crippen LogP contribution in [0.4, 0.5) is 5.69 Å². The number of amides is 2. The van der Waals surface area contributed by atoms with Gasteiger partial charge in [0.2, 0.25) is 11.8 Å². The van der Waals surface area contributed by atoms with Gasteiger partial charge in [-0.2, -0.15) is 0 Å². The molecule has 6 heteroatoms. The Kier molecular flexibility index (Phi) is 5.48. The van der Waals surface area contributed by atoms with E-state index in [-0.39, 0.29) is 24.2 Å². The van der Waals surface area contributed by atoms with Gasteiger partial charge >= 0.3 is 0 Å². The van der Waals surface area contributed by atoms with E-state index in [1.54, 1.807) is 12.0 Å². The first-order valence-corrected chi connectivity index (χ1v) is 10.2. The standard InChI is InChI=1S/C24H27N3O3/c1-15-8-16(2)10-19(9-15)26-24(29)18-11-23(28)27(14-18)7-6-17-13-25-22-5-4-20(30-3)12-21(17)22/h4-5,8-10,12-13,18,25H,6-7,11,14H2,1-3H3,(H,26,29). The van der Waals surface area contributed by atoms with Crippen LogP contribution in [-0.4, -0.2) is 41.9 Å². The first kappa shape index (κ1) is 20.0. The van der Waals surface area contributed by atoms with Gasteiger partial charge in [0.1, 0.15) is 5.75 Å². The third-order valence-corrected chi connectivity index (χ3v) is 5.70. The molecule has 2 amide bonds. The zero-order valence-electron chi connectivity index (χ0n) is 17.6. The Bertz CT molecular complexity index is 1080. The highest BCUT2D eigenvalue weighted by molar-refractivity contribution is 5.97. The van der Waals surface area contributed by atoms with E-state index in [2.05, 4.69) is 16.4 Å². The molecule has 6 nitrogen and oxygen atoms in total. The molecular formula is C24H27N3O3. The van der Waals surface area contributed by atoms with Gasteiger partial charge in [-0.25, -0.2) is 0 Å². The molecule has 156 valence electrons. The second-order valence-corrected chi connectivity index (χ2v) is 8.08. The molecule has 0 spiro atoms. The molecule has 2 heterocycles. The molecule has 0 saturated carbocycles. The van der Waals surface area contributed by atoms with E-state index in [4.69, 9.17) is 4.74 Å². The maximum atomic E-state index is 12.7. The van der Waals surface area contributed by atoms with Crippen LogP contribution in [0.5, 0.6) is 5.75 Å². The molecule has 2 aromatic carbocycles. The second kappa shape index (κ2) is 8.22. The molecule has 1 saturated heterocycles. The Hall–Kier alpha value is -3.28. The summed E-state index contributed by atoms with van der Waals surface area (Å²) in [5.74, 6) is 0.436. The fourth-order valence-corrected chi connectivity index (χ4v) is 4.20. The highest BCUT2D eigenvalue weighted by Crippen LogP contribution is 2.26. The Morgan fingerprint density at radius 2 is 1.97 bits per heavy atom. The average Bonchev–Trinajstić information content (AvgIpc) is 3.28. The minimum atomic E-state index is -0.318. The van der Waals surface area contributed by atoms with Crippen molar-refractivity contribution in [2.75, 3.05) is 25.5 Å². The van der Waals surface area contributed by atoms with Crippen molar-refractivity contribution in [2.24, 2.45) is 5.92 Å². The van der Waals surface area contributed by atoms with Gasteiger partial charge in [-0.15, -0.1) is 0 Å². The summed E-state index contributed by atoms with van der Waals surface area (Å²) in [4.78, 5) is 30.3. The number of H-pyrrole nitrogens is 1. The number of benzene rings is 2. The number of carbonyl (C=O) groups excluding carboxylic acids is 2. The van der Waals surface area contributed by atoms with E-state index in [0.717, 1.165) is 45.5 Å². The third-order valence-electron chi connectivity index (χ3n) is 5.70. The van der Waals surface area contributed by atoms with Crippen LogP contribution < -0.4 is 10.1 Å². The smallest absolute Gasteiger partial charge is 0.229 e. The van der Waals surface area contributed by atoms with Gasteiger partial charge in [0, 0.05) is 42.3 Å². The van der Waals surface area contributed by atoms with Gasteiger partial charge in [0.25, 0.3) is 0 Å². The summed E-state index contributed by atoms with van der Waals surface area (Å²) < 4.78 is 5.32. The number of aromatic amines is 1. The van der Waals surface area contributed by atoms with Crippen LogP contribution >= 0.6 is 0 Å². The average molecular weight is 405 g/mol. The number of nitrogens with one attached hydrogen (secondary N) is 2. The normalized spacial score (nSPS) is 16.3. The van der Waals surface area contributed by atoms with Gasteiger partial charge in [0.05, 0.1) is 13.0 Å². The minimum Gasteiger partial charge on any atom is -0.497 e. The molecule has 1 aromatic heterocycles. The number of carbonyl (C=O) groups is 2. The number of anilines is 1. The van der Waals surface area contributed by atoms with E-state index in [0.29, 0.717) is 13.1 Å². The fourth-order valence-electron chi connectivity index (χ4n) is 4.20. The van der Waals surface area contributed by atoms with E-state index in [1.807, 2.05) is 50.4 Å². The number of fused-ring (bicyclic) bond motifs is 1. The van der Waals surface area contributed by atoms with Crippen LogP contribution in [0.3, 0.4) is 0 Å². The second-order valence-electron chi connectivity index (χ2n) is 8.08. The highest BCUT2D eigenvalue weighted by Gasteiger charge is 2.34. The Morgan fingerprint density at radius 3 is 2.70 bits per heavy atom. The number of rotatable bonds is 6. The molecular weight excluding hydrogens is 378 g/mol. The van der Waals surface area contributed by atoms with Crippen molar-refractivity contribution >= 4 is 28.4 Å². The van der Waals surface area contributed by atoms with Crippen LogP contribution in [0.1, 0.15) is 23.1 Å². The zero-order chi connectivity index (χ0) is 21.3. The first-order valence-electron chi connectivity index (χ1n) is 10.2. The Balaban J connectivity index is 1.38. The summed E-state index contributed by atoms with van der Waals surface area (Å²) in [6, 6.07) is 11.9. The molecule has 0 aliphatic carbocycles. The highest BCUT2D eigenvalue weighted by atomic mass is 16.5. The van der Waals surface area contributed by atoms with Crippen molar-refractivity contribution in [3.8, 4) is 5.75 Å². The summed E-state index contributed by atoms with van der Waals surface area (Å²) in [6.07, 6.45) is 2.97. The maximum Gasteiger partial charge on any atom is 0.229 e. The van der Waals surface area contributed by atoms with Crippen molar-refractivity contribution in [3.63, 3.8) is 0 Å². The van der Waals surface area contributed by atoms with Crippen molar-refractivity contribution in [1.82, 2.24) is 9.88 Å². The van der Waals surface area contributed by atoms with Crippen molar-refractivity contribution in [2.45, 2.75) is 26.7 Å². The van der Waals surface area contributed by atoms with Crippen molar-refractivity contribution in [3.05, 3.63) is 59.3 Å². The Morgan fingerprint density at radius 1 is 1.20 bits per heavy atom. The van der Waals surface area contributed by atoms with Crippen molar-refractivity contribution in [1.29, 1.82) is 0 Å². The lowest BCUT2D eigenvalue weighted by Crippen LogP contribution is -2.30. The van der Waals surface area contributed by atoms with Crippen LogP contribution in [0.15, 0.2) is 42.6 Å². The van der Waals surface area contributed by atoms with Gasteiger partial charge in [-0.1, -0.05) is 6.07 Å². The first-order chi connectivity index (χ1) is 14.4. The number of ether oxygens (including phenoxy) is 1. The van der Waals surface area contributed by atoms with Crippen LogP contribution in [-0.2, 0) is 16.0 Å². The van der Waals surface area contributed by atoms with Crippen LogP contribution in [0, 0.1) is 19.8 Å². The molecule has 1 aliphatic heterocycles. The van der Waals surface area contributed by atoms with Crippen LogP contribution in [0.2, 0.25) is 0 Å². The predicted molar refractivity (Wildman–Crippen MR) is 118 cm³/mol. The molecule has 0 bridgehead atoms. The molecule has 1 unspecified atom stereocenters. The molecule has 0 radical (unpaired) electrons. The monoisotopic (exact) mass is 405 g/mol. The number of hydrogen-bond donors (Lipinski definition) is 2. The van der Waals surface area contributed by atoms with Crippen LogP contribution in [0.25, 0.3) is 10.9 Å². The van der Waals surface area contributed by atoms with E-state index in [9.17, 15) is 9.59 Å². The predicted octanol–water partition coefficient (Wildman–Crippen LogP) is 3.82. The molecule has 2 N–H and O–H groups in total. The van der Waals surface area contributed by atoms with E-state index < -0.39 is 0 Å². The van der Waals surface area contributed by atoms with Gasteiger partial charge in [-0.05, 0) is 67.3 Å². The van der Waals surface area contributed by atoms with Gasteiger partial charge in [-0.3, -0.25) is 9.59 Å². The largest absolute Gasteiger partial charge is 0.497 e. The Labute approximate surface area is 176 Å². The lowest BCUT2D eigenvalue weighted by atomic mass is 10.1. The number of hydrogen-bond acceptors (Lipinski definition) is 3. The summed E-state index contributed by atoms with van der Waals surface area (Å²) in [5, 5.41) is 4.08. The fraction of sp³-hybridized carbons (Fsp3) is 0.333. The van der Waals surface area contributed by atoms with Crippen molar-refractivity contribution < 1.29 is 14.3 Å². The summed E-state index contributed by atoms with van der Waals surface area (Å²) in [6.45, 7) is 5.06. The maximum absolute atomic E-state index is 12.7. The number of methoxy groups -OCH3 is 1. The quantitative estimate of drug-likeness (QED) is 0.655. The number of aromatic nitrogens is 1. The summed E-state index contributed by atoms with van der Waals surface area (Å²) in [5.41, 5.74) is 5.18. The topological polar surface area (TPSA) is 74.4 Å². The zero-order valence-corrected chi connectivity index (χ0v) is 17.6. The number of nitrogens with zero attached hydrogens (tertiary/aromatic N) is 1. The van der Waals surface area contributed by atoms with Gasteiger partial charge in [0.15, 0.2) is 0 Å². The lowest BCUT2D eigenvalue weighted by molar-refractivity contribution is -0.128. The van der Waals surface area contributed by atoms with Gasteiger partial charge < -0.3 is 19.9 Å². The van der Waals surface area contributed by atoms with E-state index in [1.165, 1.54) is 0 Å². The minimum absolute atomic E-state index is 0.0352. The SMILES string of the molecule is COc1ccc2[nH]cc(CCN3CC(C(=O)Nc4cc(C)cc(C)c4)CC3=O)c2c1. The molecule has 30 heavy (non-hydrogen) atoms. The molecule has 3 aromatic rings. The number of likely N-dealkylation sites (tertiary alicyclic amines) is 1. The summed E-state index contributed by atoms with van der Waals surface area (Å²) in [7, 11) is 1.65. The van der Waals surface area contributed by atoms with E-state index >= 15 is 0 Å². The molecule has 1 aliphatic rings.